The van der Waals surface area contributed by atoms with Crippen molar-refractivity contribution in [3.8, 4) is 0 Å². The normalized spacial score (nSPS) is 7.21. The first-order valence-corrected chi connectivity index (χ1v) is 6.72. The van der Waals surface area contributed by atoms with E-state index in [4.69, 9.17) is 4.79 Å². The van der Waals surface area contributed by atoms with Crippen LogP contribution in [0.15, 0.2) is 24.4 Å². The second-order valence-corrected chi connectivity index (χ2v) is 1.95. The van der Waals surface area contributed by atoms with Gasteiger partial charge in [0.15, 0.2) is 0 Å². The van der Waals surface area contributed by atoms with Crippen LogP contribution in [0.3, 0.4) is 0 Å². The maximum atomic E-state index is 8.68. The Balaban J connectivity index is 0. The number of pyridine rings is 1. The average molecular weight is 396 g/mol. The SMILES string of the molecule is CCNc1ccccn1.C[C-]=O.[Cl][Pt+]. The molecule has 0 radical (unpaired) electrons. The first kappa shape index (κ1) is 16.0. The summed E-state index contributed by atoms with van der Waals surface area (Å²) in [6.07, 6.45) is 3.28. The molecule has 0 unspecified atom stereocenters. The molecule has 0 amide bonds. The van der Waals surface area contributed by atoms with Crippen LogP contribution in [-0.4, -0.2) is 17.8 Å². The summed E-state index contributed by atoms with van der Waals surface area (Å²) >= 11 is 1.61. The van der Waals surface area contributed by atoms with Crippen molar-refractivity contribution in [2.45, 2.75) is 13.8 Å². The number of hydrogen-bond acceptors (Lipinski definition) is 3. The van der Waals surface area contributed by atoms with Crippen molar-refractivity contribution in [2.24, 2.45) is 0 Å². The predicted molar refractivity (Wildman–Crippen MR) is 55.6 cm³/mol. The molecular weight excluding hydrogens is 383 g/mol. The topological polar surface area (TPSA) is 42.0 Å². The van der Waals surface area contributed by atoms with Gasteiger partial charge in [-0.05, 0) is 19.1 Å². The Bertz CT molecular complexity index is 209. The van der Waals surface area contributed by atoms with E-state index in [0.717, 1.165) is 12.4 Å². The molecule has 5 heteroatoms. The van der Waals surface area contributed by atoms with E-state index in [0.29, 0.717) is 0 Å². The van der Waals surface area contributed by atoms with Crippen molar-refractivity contribution in [3.63, 3.8) is 0 Å². The van der Waals surface area contributed by atoms with Crippen LogP contribution in [-0.2, 0) is 23.6 Å². The number of carbonyl (C=O) groups excluding carboxylic acids is 1. The molecular formula is C9H13ClN2OPt. The number of nitrogens with one attached hydrogen (secondary N) is 1. The average Bonchev–Trinajstić information content (AvgIpc) is 2.24. The molecule has 14 heavy (non-hydrogen) atoms. The summed E-state index contributed by atoms with van der Waals surface area (Å²) in [4.78, 5) is 12.7. The predicted octanol–water partition coefficient (Wildman–Crippen LogP) is 2.32. The van der Waals surface area contributed by atoms with Gasteiger partial charge in [0.1, 0.15) is 5.82 Å². The minimum absolute atomic E-state index is 0.928. The molecule has 1 rings (SSSR count). The third-order valence-corrected chi connectivity index (χ3v) is 1.02. The van der Waals surface area contributed by atoms with Crippen molar-refractivity contribution in [3.05, 3.63) is 24.4 Å². The standard InChI is InChI=1S/C7H10N2.C2H3O.ClH.Pt/c1-2-8-7-5-3-4-6-9-7;1-2-3;;/h3-6H,2H2,1H3,(H,8,9);1H3;1H;/q;-1;;+2/p-1. The summed E-state index contributed by atoms with van der Waals surface area (Å²) in [7, 11) is 4.61. The van der Waals surface area contributed by atoms with Gasteiger partial charge in [-0.15, -0.1) is 0 Å². The van der Waals surface area contributed by atoms with Crippen molar-refractivity contribution >= 4 is 21.5 Å². The molecule has 1 N–H and O–H groups in total. The van der Waals surface area contributed by atoms with Gasteiger partial charge in [-0.2, -0.15) is 6.92 Å². The summed E-state index contributed by atoms with van der Waals surface area (Å²) in [6, 6.07) is 5.81. The van der Waals surface area contributed by atoms with E-state index in [2.05, 4.69) is 26.6 Å². The number of nitrogens with zero attached hydrogens (tertiary/aromatic N) is 1. The van der Waals surface area contributed by atoms with Crippen LogP contribution < -0.4 is 5.32 Å². The zero-order chi connectivity index (χ0) is 11.2. The monoisotopic (exact) mass is 395 g/mol. The maximum absolute atomic E-state index is 8.68. The van der Waals surface area contributed by atoms with Crippen molar-refractivity contribution in [1.29, 1.82) is 0 Å². The van der Waals surface area contributed by atoms with Crippen molar-refractivity contribution < 1.29 is 23.6 Å². The fraction of sp³-hybridized carbons (Fsp3) is 0.333. The quantitative estimate of drug-likeness (QED) is 0.782. The van der Waals surface area contributed by atoms with Gasteiger partial charge in [0.05, 0.1) is 0 Å². The van der Waals surface area contributed by atoms with Crippen LogP contribution in [0.25, 0.3) is 0 Å². The molecule has 0 aliphatic rings. The summed E-state index contributed by atoms with van der Waals surface area (Å²) in [6.45, 7) is 4.30. The third kappa shape index (κ3) is 11.6. The molecule has 3 nitrogen and oxygen atoms in total. The Morgan fingerprint density at radius 1 is 1.57 bits per heavy atom. The Kier molecular flexibility index (Phi) is 17.3. The number of aromatic nitrogens is 1. The summed E-state index contributed by atoms with van der Waals surface area (Å²) in [5.74, 6) is 0.944. The van der Waals surface area contributed by atoms with Gasteiger partial charge in [-0.3, -0.25) is 6.29 Å². The Labute approximate surface area is 100 Å². The molecule has 1 aromatic rings. The first-order valence-electron chi connectivity index (χ1n) is 3.90. The van der Waals surface area contributed by atoms with Gasteiger partial charge in [-0.25, -0.2) is 4.98 Å². The Hall–Kier alpha value is -0.402. The second kappa shape index (κ2) is 15.1. The van der Waals surface area contributed by atoms with Crippen LogP contribution in [0.5, 0.6) is 0 Å². The molecule has 82 valence electrons. The van der Waals surface area contributed by atoms with E-state index in [1.165, 1.54) is 13.2 Å². The summed E-state index contributed by atoms with van der Waals surface area (Å²) in [5.41, 5.74) is 0. The molecule has 0 saturated carbocycles. The van der Waals surface area contributed by atoms with Crippen LogP contribution in [0.4, 0.5) is 5.82 Å². The van der Waals surface area contributed by atoms with Gasteiger partial charge in [0.25, 0.3) is 0 Å². The molecule has 0 bridgehead atoms. The van der Waals surface area contributed by atoms with E-state index in [-0.39, 0.29) is 0 Å². The van der Waals surface area contributed by atoms with Crippen LogP contribution in [0.2, 0.25) is 0 Å². The number of hydrogen-bond donors (Lipinski definition) is 1. The van der Waals surface area contributed by atoms with Gasteiger partial charge in [-0.1, -0.05) is 6.07 Å². The Morgan fingerprint density at radius 3 is 2.50 bits per heavy atom. The number of rotatable bonds is 2. The van der Waals surface area contributed by atoms with Gasteiger partial charge in [0.2, 0.25) is 0 Å². The van der Waals surface area contributed by atoms with Crippen molar-refractivity contribution in [2.75, 3.05) is 11.9 Å². The second-order valence-electron chi connectivity index (χ2n) is 1.95. The molecule has 1 heterocycles. The summed E-state index contributed by atoms with van der Waals surface area (Å²) < 4.78 is 0. The number of anilines is 1. The van der Waals surface area contributed by atoms with E-state index >= 15 is 0 Å². The van der Waals surface area contributed by atoms with Crippen LogP contribution >= 0.6 is 9.42 Å². The van der Waals surface area contributed by atoms with E-state index in [1.54, 1.807) is 25.0 Å². The third-order valence-electron chi connectivity index (χ3n) is 1.02. The van der Waals surface area contributed by atoms with Gasteiger partial charge in [0, 0.05) is 12.7 Å². The molecule has 0 atom stereocenters. The zero-order valence-electron chi connectivity index (χ0n) is 8.07. The van der Waals surface area contributed by atoms with E-state index in [1.807, 2.05) is 18.2 Å². The van der Waals surface area contributed by atoms with E-state index in [9.17, 15) is 0 Å². The molecule has 0 fully saturated rings. The Morgan fingerprint density at radius 2 is 2.14 bits per heavy atom. The fourth-order valence-corrected chi connectivity index (χ4v) is 0.648. The number of halogens is 1. The zero-order valence-corrected chi connectivity index (χ0v) is 11.1. The molecule has 0 aromatic carbocycles. The van der Waals surface area contributed by atoms with E-state index < -0.39 is 0 Å². The summed E-state index contributed by atoms with van der Waals surface area (Å²) in [5, 5.41) is 3.10. The molecule has 0 aliphatic heterocycles. The van der Waals surface area contributed by atoms with Crippen LogP contribution in [0, 0.1) is 0 Å². The van der Waals surface area contributed by atoms with Crippen molar-refractivity contribution in [1.82, 2.24) is 4.98 Å². The molecule has 0 spiro atoms. The minimum atomic E-state index is 0.928. The molecule has 0 aliphatic carbocycles. The van der Waals surface area contributed by atoms with Gasteiger partial charge < -0.3 is 10.1 Å². The molecule has 1 aromatic heterocycles. The van der Waals surface area contributed by atoms with Gasteiger partial charge >= 0.3 is 28.2 Å². The first-order chi connectivity index (χ1) is 6.85. The fourth-order valence-electron chi connectivity index (χ4n) is 0.648. The van der Waals surface area contributed by atoms with Crippen LogP contribution in [0.1, 0.15) is 13.8 Å². The molecule has 0 saturated heterocycles.